The number of rotatable bonds is 3. The van der Waals surface area contributed by atoms with Crippen LogP contribution in [0.2, 0.25) is 0 Å². The highest BCUT2D eigenvalue weighted by Crippen LogP contribution is 2.20. The first-order chi connectivity index (χ1) is 8.75. The van der Waals surface area contributed by atoms with Gasteiger partial charge in [-0.05, 0) is 18.6 Å². The van der Waals surface area contributed by atoms with Gasteiger partial charge in [-0.3, -0.25) is 4.68 Å². The molecular weight excluding hydrogens is 224 g/mol. The number of aromatic amines is 1. The molecule has 0 saturated heterocycles. The maximum atomic E-state index is 4.22. The lowest BCUT2D eigenvalue weighted by Crippen LogP contribution is -2.00. The molecular formula is C14H16N4. The summed E-state index contributed by atoms with van der Waals surface area (Å²) in [5.74, 6) is 0. The molecule has 0 aliphatic rings. The number of nitrogens with one attached hydrogen (secondary N) is 2. The average molecular weight is 240 g/mol. The van der Waals surface area contributed by atoms with Gasteiger partial charge in [0.1, 0.15) is 0 Å². The van der Waals surface area contributed by atoms with Gasteiger partial charge in [0.05, 0.1) is 17.6 Å². The average Bonchev–Trinajstić information content (AvgIpc) is 2.94. The Morgan fingerprint density at radius 1 is 1.33 bits per heavy atom. The van der Waals surface area contributed by atoms with Crippen LogP contribution in [-0.2, 0) is 13.6 Å². The number of anilines is 1. The predicted molar refractivity (Wildman–Crippen MR) is 73.6 cm³/mol. The first kappa shape index (κ1) is 10.9. The smallest absolute Gasteiger partial charge is 0.0758 e. The number of nitrogens with zero attached hydrogens (tertiary/aromatic N) is 2. The van der Waals surface area contributed by atoms with Gasteiger partial charge in [0.2, 0.25) is 0 Å². The molecule has 92 valence electrons. The van der Waals surface area contributed by atoms with E-state index in [4.69, 9.17) is 0 Å². The molecule has 4 heteroatoms. The summed E-state index contributed by atoms with van der Waals surface area (Å²) in [7, 11) is 1.95. The summed E-state index contributed by atoms with van der Waals surface area (Å²) in [5, 5.41) is 8.92. The first-order valence-corrected chi connectivity index (χ1v) is 6.03. The lowest BCUT2D eigenvalue weighted by atomic mass is 10.2. The van der Waals surface area contributed by atoms with Crippen LogP contribution < -0.4 is 5.32 Å². The number of hydrogen-bond donors (Lipinski definition) is 2. The molecule has 0 atom stereocenters. The van der Waals surface area contributed by atoms with E-state index in [2.05, 4.69) is 46.7 Å². The molecule has 0 fully saturated rings. The van der Waals surface area contributed by atoms with Gasteiger partial charge in [-0.15, -0.1) is 0 Å². The minimum Gasteiger partial charge on any atom is -0.378 e. The summed E-state index contributed by atoms with van der Waals surface area (Å²) in [5.41, 5.74) is 4.68. The first-order valence-electron chi connectivity index (χ1n) is 6.03. The molecule has 0 spiro atoms. The molecule has 0 saturated carbocycles. The second-order valence-electron chi connectivity index (χ2n) is 4.48. The van der Waals surface area contributed by atoms with Gasteiger partial charge in [-0.25, -0.2) is 0 Å². The van der Waals surface area contributed by atoms with Crippen molar-refractivity contribution < 1.29 is 0 Å². The summed E-state index contributed by atoms with van der Waals surface area (Å²) in [4.78, 5) is 3.28. The van der Waals surface area contributed by atoms with Crippen LogP contribution in [0.25, 0.3) is 10.9 Å². The molecule has 0 bridgehead atoms. The normalized spacial score (nSPS) is 11.0. The Bertz CT molecular complexity index is 678. The molecule has 2 N–H and O–H groups in total. The molecule has 3 rings (SSSR count). The standard InChI is InChI=1S/C14H16N4/c1-10-14(9-17-18(10)2)16-8-11-7-15-13-6-4-3-5-12(11)13/h3-7,9,15-16H,8H2,1-2H3. The van der Waals surface area contributed by atoms with Crippen molar-refractivity contribution >= 4 is 16.6 Å². The van der Waals surface area contributed by atoms with E-state index in [9.17, 15) is 0 Å². The summed E-state index contributed by atoms with van der Waals surface area (Å²) >= 11 is 0. The van der Waals surface area contributed by atoms with Gasteiger partial charge in [-0.2, -0.15) is 5.10 Å². The van der Waals surface area contributed by atoms with Crippen LogP contribution in [0.4, 0.5) is 5.69 Å². The van der Waals surface area contributed by atoms with Crippen LogP contribution in [0.3, 0.4) is 0 Å². The highest BCUT2D eigenvalue weighted by molar-refractivity contribution is 5.83. The van der Waals surface area contributed by atoms with Crippen molar-refractivity contribution in [1.29, 1.82) is 0 Å². The third-order valence-electron chi connectivity index (χ3n) is 3.38. The number of para-hydroxylation sites is 1. The second kappa shape index (κ2) is 4.22. The molecule has 0 aliphatic carbocycles. The maximum Gasteiger partial charge on any atom is 0.0758 e. The van der Waals surface area contributed by atoms with Gasteiger partial charge in [0.15, 0.2) is 0 Å². The Labute approximate surface area is 106 Å². The topological polar surface area (TPSA) is 45.6 Å². The highest BCUT2D eigenvalue weighted by Gasteiger charge is 2.05. The monoisotopic (exact) mass is 240 g/mol. The van der Waals surface area contributed by atoms with Crippen LogP contribution in [0.5, 0.6) is 0 Å². The van der Waals surface area contributed by atoms with Crippen molar-refractivity contribution in [2.24, 2.45) is 7.05 Å². The quantitative estimate of drug-likeness (QED) is 0.739. The van der Waals surface area contributed by atoms with Gasteiger partial charge < -0.3 is 10.3 Å². The molecule has 0 unspecified atom stereocenters. The Morgan fingerprint density at radius 2 is 2.17 bits per heavy atom. The zero-order valence-electron chi connectivity index (χ0n) is 10.6. The molecule has 2 heterocycles. The molecule has 18 heavy (non-hydrogen) atoms. The van der Waals surface area contributed by atoms with E-state index in [1.807, 2.05) is 24.0 Å². The van der Waals surface area contributed by atoms with Crippen LogP contribution in [-0.4, -0.2) is 14.8 Å². The molecule has 0 aliphatic heterocycles. The van der Waals surface area contributed by atoms with E-state index in [1.54, 1.807) is 0 Å². The Hall–Kier alpha value is -2.23. The summed E-state index contributed by atoms with van der Waals surface area (Å²) < 4.78 is 1.87. The molecule has 2 aromatic heterocycles. The molecule has 0 amide bonds. The van der Waals surface area contributed by atoms with Crippen LogP contribution in [0.15, 0.2) is 36.7 Å². The fourth-order valence-corrected chi connectivity index (χ4v) is 2.14. The second-order valence-corrected chi connectivity index (χ2v) is 4.48. The maximum absolute atomic E-state index is 4.22. The summed E-state index contributed by atoms with van der Waals surface area (Å²) in [6.45, 7) is 2.86. The van der Waals surface area contributed by atoms with Gasteiger partial charge in [0.25, 0.3) is 0 Å². The molecule has 3 aromatic rings. The summed E-state index contributed by atoms with van der Waals surface area (Å²) in [6.07, 6.45) is 3.92. The van der Waals surface area contributed by atoms with Crippen molar-refractivity contribution in [2.75, 3.05) is 5.32 Å². The fourth-order valence-electron chi connectivity index (χ4n) is 2.14. The highest BCUT2D eigenvalue weighted by atomic mass is 15.3. The number of benzene rings is 1. The van der Waals surface area contributed by atoms with Crippen molar-refractivity contribution in [2.45, 2.75) is 13.5 Å². The Morgan fingerprint density at radius 3 is 2.94 bits per heavy atom. The number of H-pyrrole nitrogens is 1. The number of aryl methyl sites for hydroxylation is 1. The zero-order chi connectivity index (χ0) is 12.5. The number of hydrogen-bond acceptors (Lipinski definition) is 2. The molecule has 1 aromatic carbocycles. The minimum atomic E-state index is 0.802. The van der Waals surface area contributed by atoms with E-state index in [-0.39, 0.29) is 0 Å². The third kappa shape index (κ3) is 1.76. The summed E-state index contributed by atoms with van der Waals surface area (Å²) in [6, 6.07) is 8.34. The third-order valence-corrected chi connectivity index (χ3v) is 3.38. The van der Waals surface area contributed by atoms with Gasteiger partial charge in [0, 0.05) is 30.7 Å². The number of aromatic nitrogens is 3. The Balaban J connectivity index is 1.83. The predicted octanol–water partition coefficient (Wildman–Crippen LogP) is 2.82. The minimum absolute atomic E-state index is 0.802. The number of fused-ring (bicyclic) bond motifs is 1. The van der Waals surface area contributed by atoms with Gasteiger partial charge in [-0.1, -0.05) is 18.2 Å². The zero-order valence-corrected chi connectivity index (χ0v) is 10.6. The van der Waals surface area contributed by atoms with E-state index >= 15 is 0 Å². The van der Waals surface area contributed by atoms with E-state index in [0.29, 0.717) is 0 Å². The van der Waals surface area contributed by atoms with Crippen LogP contribution >= 0.6 is 0 Å². The van der Waals surface area contributed by atoms with Crippen molar-refractivity contribution in [3.63, 3.8) is 0 Å². The van der Waals surface area contributed by atoms with Crippen LogP contribution in [0, 0.1) is 6.92 Å². The van der Waals surface area contributed by atoms with E-state index in [0.717, 1.165) is 17.9 Å². The van der Waals surface area contributed by atoms with Crippen LogP contribution in [0.1, 0.15) is 11.3 Å². The van der Waals surface area contributed by atoms with E-state index < -0.39 is 0 Å². The van der Waals surface area contributed by atoms with Crippen molar-refractivity contribution in [3.8, 4) is 0 Å². The largest absolute Gasteiger partial charge is 0.378 e. The van der Waals surface area contributed by atoms with E-state index in [1.165, 1.54) is 16.5 Å². The Kier molecular flexibility index (Phi) is 2.55. The lowest BCUT2D eigenvalue weighted by molar-refractivity contribution is 0.740. The van der Waals surface area contributed by atoms with Gasteiger partial charge >= 0.3 is 0 Å². The molecule has 4 nitrogen and oxygen atoms in total. The molecule has 0 radical (unpaired) electrons. The SMILES string of the molecule is Cc1c(NCc2c[nH]c3ccccc23)cnn1C. The van der Waals surface area contributed by atoms with Crippen molar-refractivity contribution in [3.05, 3.63) is 47.9 Å². The lowest BCUT2D eigenvalue weighted by Gasteiger charge is -2.04. The van der Waals surface area contributed by atoms with Crippen molar-refractivity contribution in [1.82, 2.24) is 14.8 Å². The fraction of sp³-hybridized carbons (Fsp3) is 0.214.